The first-order chi connectivity index (χ1) is 10.2. The van der Waals surface area contributed by atoms with E-state index in [2.05, 4.69) is 17.1 Å². The van der Waals surface area contributed by atoms with E-state index >= 15 is 0 Å². The smallest absolute Gasteiger partial charge is 0.289 e. The maximum absolute atomic E-state index is 11.1. The summed E-state index contributed by atoms with van der Waals surface area (Å²) in [5.74, 6) is 0. The van der Waals surface area contributed by atoms with E-state index in [0.29, 0.717) is 6.04 Å². The van der Waals surface area contributed by atoms with Crippen LogP contribution in [0, 0.1) is 21.4 Å². The molecule has 1 aromatic carbocycles. The minimum atomic E-state index is -0.481. The molecule has 1 aliphatic rings. The van der Waals surface area contributed by atoms with Gasteiger partial charge in [-0.25, -0.2) is 0 Å². The van der Waals surface area contributed by atoms with Crippen molar-refractivity contribution in [3.8, 4) is 6.07 Å². The van der Waals surface area contributed by atoms with E-state index in [4.69, 9.17) is 5.26 Å². The Morgan fingerprint density at radius 2 is 2.38 bits per heavy atom. The molecule has 0 amide bonds. The summed E-state index contributed by atoms with van der Waals surface area (Å²) >= 11 is 0. The lowest BCUT2D eigenvalue weighted by molar-refractivity contribution is -0.385. The third kappa shape index (κ3) is 3.50. The van der Waals surface area contributed by atoms with Crippen LogP contribution in [0.15, 0.2) is 18.2 Å². The van der Waals surface area contributed by atoms with Gasteiger partial charge in [0.15, 0.2) is 0 Å². The van der Waals surface area contributed by atoms with Crippen molar-refractivity contribution in [1.82, 2.24) is 5.32 Å². The normalized spacial score (nSPS) is 18.0. The minimum Gasteiger partial charge on any atom is -0.367 e. The predicted molar refractivity (Wildman–Crippen MR) is 81.3 cm³/mol. The average molecular weight is 288 g/mol. The Kier molecular flexibility index (Phi) is 5.12. The lowest BCUT2D eigenvalue weighted by atomic mass is 10.0. The molecule has 1 aromatic rings. The van der Waals surface area contributed by atoms with Gasteiger partial charge in [0.05, 0.1) is 4.92 Å². The Morgan fingerprint density at radius 1 is 1.57 bits per heavy atom. The van der Waals surface area contributed by atoms with Gasteiger partial charge in [0.1, 0.15) is 11.6 Å². The Bertz CT molecular complexity index is 547. The molecule has 6 heteroatoms. The Balaban J connectivity index is 2.33. The number of piperidine rings is 1. The van der Waals surface area contributed by atoms with Crippen molar-refractivity contribution in [2.45, 2.75) is 32.2 Å². The molecule has 1 heterocycles. The molecule has 112 valence electrons. The molecule has 1 unspecified atom stereocenters. The third-order valence-corrected chi connectivity index (χ3v) is 3.81. The summed E-state index contributed by atoms with van der Waals surface area (Å²) in [7, 11) is 0. The van der Waals surface area contributed by atoms with Gasteiger partial charge in [0, 0.05) is 30.9 Å². The van der Waals surface area contributed by atoms with E-state index in [0.717, 1.165) is 44.6 Å². The number of nitro groups is 1. The molecule has 0 spiro atoms. The zero-order valence-electron chi connectivity index (χ0n) is 12.2. The fourth-order valence-electron chi connectivity index (χ4n) is 2.81. The van der Waals surface area contributed by atoms with Gasteiger partial charge in [-0.05, 0) is 37.9 Å². The summed E-state index contributed by atoms with van der Waals surface area (Å²) in [4.78, 5) is 12.9. The number of nitriles is 1. The summed E-state index contributed by atoms with van der Waals surface area (Å²) in [6, 6.07) is 7.13. The minimum absolute atomic E-state index is 0.111. The maximum Gasteiger partial charge on any atom is 0.289 e. The molecular formula is C15H20N4O2. The molecule has 0 radical (unpaired) electrons. The van der Waals surface area contributed by atoms with Crippen molar-refractivity contribution in [1.29, 1.82) is 5.26 Å². The highest BCUT2D eigenvalue weighted by Crippen LogP contribution is 2.28. The van der Waals surface area contributed by atoms with Gasteiger partial charge in [-0.15, -0.1) is 0 Å². The van der Waals surface area contributed by atoms with Gasteiger partial charge in [-0.2, -0.15) is 5.26 Å². The van der Waals surface area contributed by atoms with Gasteiger partial charge in [-0.3, -0.25) is 10.1 Å². The van der Waals surface area contributed by atoms with E-state index < -0.39 is 4.92 Å². The quantitative estimate of drug-likeness (QED) is 0.664. The highest BCUT2D eigenvalue weighted by atomic mass is 16.6. The van der Waals surface area contributed by atoms with Crippen LogP contribution in [0.2, 0.25) is 0 Å². The van der Waals surface area contributed by atoms with E-state index in [9.17, 15) is 10.1 Å². The number of hydrogen-bond acceptors (Lipinski definition) is 5. The molecule has 0 bridgehead atoms. The van der Waals surface area contributed by atoms with Gasteiger partial charge in [0.25, 0.3) is 5.69 Å². The van der Waals surface area contributed by atoms with E-state index in [1.807, 2.05) is 12.1 Å². The summed E-state index contributed by atoms with van der Waals surface area (Å²) in [6.07, 6.45) is 3.17. The first-order valence-corrected chi connectivity index (χ1v) is 7.33. The maximum atomic E-state index is 11.1. The SMILES string of the molecule is CCCN(c1ccc(C#N)c([N+](=O)[O-])c1)C1CCCNC1. The fourth-order valence-corrected chi connectivity index (χ4v) is 2.81. The Morgan fingerprint density at radius 3 is 2.95 bits per heavy atom. The van der Waals surface area contributed by atoms with E-state index in [-0.39, 0.29) is 11.3 Å². The number of hydrogen-bond donors (Lipinski definition) is 1. The molecule has 1 saturated heterocycles. The van der Waals surface area contributed by atoms with Crippen molar-refractivity contribution >= 4 is 11.4 Å². The van der Waals surface area contributed by atoms with Gasteiger partial charge in [0.2, 0.25) is 0 Å². The second-order valence-electron chi connectivity index (χ2n) is 5.26. The van der Waals surface area contributed by atoms with Crippen LogP contribution in [0.25, 0.3) is 0 Å². The standard InChI is InChI=1S/C15H20N4O2/c1-2-8-18(14-4-3-7-17-11-14)13-6-5-12(10-16)15(9-13)19(20)21/h5-6,9,14,17H,2-4,7-8,11H2,1H3. The van der Waals surface area contributed by atoms with Crippen LogP contribution < -0.4 is 10.2 Å². The molecular weight excluding hydrogens is 268 g/mol. The molecule has 0 aromatic heterocycles. The van der Waals surface area contributed by atoms with Crippen molar-refractivity contribution in [3.05, 3.63) is 33.9 Å². The predicted octanol–water partition coefficient (Wildman–Crippen LogP) is 2.43. The number of nitrogens with one attached hydrogen (secondary N) is 1. The highest BCUT2D eigenvalue weighted by molar-refractivity contribution is 5.60. The lowest BCUT2D eigenvalue weighted by Crippen LogP contribution is -2.46. The van der Waals surface area contributed by atoms with Crippen molar-refractivity contribution < 1.29 is 4.92 Å². The van der Waals surface area contributed by atoms with Crippen molar-refractivity contribution in [2.75, 3.05) is 24.5 Å². The van der Waals surface area contributed by atoms with Crippen molar-refractivity contribution in [2.24, 2.45) is 0 Å². The largest absolute Gasteiger partial charge is 0.367 e. The number of benzene rings is 1. The molecule has 2 rings (SSSR count). The summed E-state index contributed by atoms with van der Waals surface area (Å²) in [6.45, 7) is 4.88. The second kappa shape index (κ2) is 7.04. The molecule has 21 heavy (non-hydrogen) atoms. The van der Waals surface area contributed by atoms with E-state index in [1.165, 1.54) is 6.07 Å². The van der Waals surface area contributed by atoms with Gasteiger partial charge < -0.3 is 10.2 Å². The molecule has 1 atom stereocenters. The molecule has 1 N–H and O–H groups in total. The van der Waals surface area contributed by atoms with Crippen LogP contribution in [0.3, 0.4) is 0 Å². The lowest BCUT2D eigenvalue weighted by Gasteiger charge is -2.36. The highest BCUT2D eigenvalue weighted by Gasteiger charge is 2.23. The van der Waals surface area contributed by atoms with Crippen LogP contribution in [-0.4, -0.2) is 30.6 Å². The monoisotopic (exact) mass is 288 g/mol. The molecule has 0 aliphatic carbocycles. The molecule has 1 aliphatic heterocycles. The summed E-state index contributed by atoms with van der Waals surface area (Å²) in [5, 5.41) is 23.5. The van der Waals surface area contributed by atoms with Gasteiger partial charge in [-0.1, -0.05) is 6.92 Å². The number of anilines is 1. The number of nitrogens with zero attached hydrogens (tertiary/aromatic N) is 3. The van der Waals surface area contributed by atoms with Crippen LogP contribution in [0.4, 0.5) is 11.4 Å². The summed E-state index contributed by atoms with van der Waals surface area (Å²) < 4.78 is 0. The molecule has 6 nitrogen and oxygen atoms in total. The van der Waals surface area contributed by atoms with Crippen molar-refractivity contribution in [3.63, 3.8) is 0 Å². The number of nitro benzene ring substituents is 1. The molecule has 1 fully saturated rings. The van der Waals surface area contributed by atoms with Gasteiger partial charge >= 0.3 is 0 Å². The zero-order chi connectivity index (χ0) is 15.2. The third-order valence-electron chi connectivity index (χ3n) is 3.81. The Labute approximate surface area is 124 Å². The van der Waals surface area contributed by atoms with Crippen LogP contribution in [0.1, 0.15) is 31.7 Å². The first kappa shape index (κ1) is 15.3. The summed E-state index contributed by atoms with van der Waals surface area (Å²) in [5.41, 5.74) is 0.832. The van der Waals surface area contributed by atoms with Crippen LogP contribution >= 0.6 is 0 Å². The zero-order valence-corrected chi connectivity index (χ0v) is 12.2. The van der Waals surface area contributed by atoms with E-state index in [1.54, 1.807) is 6.07 Å². The first-order valence-electron chi connectivity index (χ1n) is 7.33. The fraction of sp³-hybridized carbons (Fsp3) is 0.533. The topological polar surface area (TPSA) is 82.2 Å². The van der Waals surface area contributed by atoms with Crippen LogP contribution in [0.5, 0.6) is 0 Å². The number of rotatable bonds is 5. The second-order valence-corrected chi connectivity index (χ2v) is 5.26. The Hall–Kier alpha value is -2.13. The average Bonchev–Trinajstić information content (AvgIpc) is 2.52. The molecule has 0 saturated carbocycles. The van der Waals surface area contributed by atoms with Crippen LogP contribution in [-0.2, 0) is 0 Å².